The van der Waals surface area contributed by atoms with E-state index in [2.05, 4.69) is 0 Å². The number of hydrogen-bond donors (Lipinski definition) is 0. The standard InChI is InChI=1S/C14H18O3/c1-9(5-6-15)11-8-13-12(7-10(11)2)16-14(3,4)17-13/h6-9H,5H2,1-4H3. The van der Waals surface area contributed by atoms with E-state index in [1.807, 2.05) is 39.8 Å². The number of ether oxygens (including phenoxy) is 2. The molecule has 17 heavy (non-hydrogen) atoms. The quantitative estimate of drug-likeness (QED) is 0.753. The van der Waals surface area contributed by atoms with Crippen molar-refractivity contribution in [3.63, 3.8) is 0 Å². The molecule has 1 aliphatic heterocycles. The first-order valence-corrected chi connectivity index (χ1v) is 5.89. The van der Waals surface area contributed by atoms with Gasteiger partial charge in [0.15, 0.2) is 11.5 Å². The molecule has 0 aliphatic carbocycles. The molecular weight excluding hydrogens is 216 g/mol. The molecule has 1 aromatic rings. The molecule has 1 unspecified atom stereocenters. The van der Waals surface area contributed by atoms with Gasteiger partial charge in [0, 0.05) is 20.3 Å². The van der Waals surface area contributed by atoms with E-state index in [9.17, 15) is 4.79 Å². The van der Waals surface area contributed by atoms with Crippen molar-refractivity contribution in [3.8, 4) is 11.5 Å². The first-order chi connectivity index (χ1) is 7.93. The summed E-state index contributed by atoms with van der Waals surface area (Å²) in [6, 6.07) is 3.98. The highest BCUT2D eigenvalue weighted by atomic mass is 16.7. The van der Waals surface area contributed by atoms with Crippen LogP contribution in [0.25, 0.3) is 0 Å². The van der Waals surface area contributed by atoms with Crippen molar-refractivity contribution in [2.45, 2.75) is 45.8 Å². The SMILES string of the molecule is Cc1cc2c(cc1C(C)CC=O)OC(C)(C)O2. The van der Waals surface area contributed by atoms with Crippen LogP contribution in [0.5, 0.6) is 11.5 Å². The van der Waals surface area contributed by atoms with Crippen LogP contribution in [-0.4, -0.2) is 12.1 Å². The molecule has 0 saturated carbocycles. The normalized spacial score (nSPS) is 17.9. The van der Waals surface area contributed by atoms with Crippen LogP contribution in [0.4, 0.5) is 0 Å². The van der Waals surface area contributed by atoms with Gasteiger partial charge in [-0.2, -0.15) is 0 Å². The Hall–Kier alpha value is -1.51. The van der Waals surface area contributed by atoms with Gasteiger partial charge in [-0.1, -0.05) is 6.92 Å². The monoisotopic (exact) mass is 234 g/mol. The molecule has 0 aromatic heterocycles. The molecule has 0 spiro atoms. The Kier molecular flexibility index (Phi) is 2.86. The molecule has 0 bridgehead atoms. The van der Waals surface area contributed by atoms with Crippen LogP contribution >= 0.6 is 0 Å². The Morgan fingerprint density at radius 2 is 1.88 bits per heavy atom. The van der Waals surface area contributed by atoms with Gasteiger partial charge in [-0.05, 0) is 36.1 Å². The Bertz CT molecular complexity index is 449. The van der Waals surface area contributed by atoms with E-state index in [4.69, 9.17) is 9.47 Å². The molecule has 1 aliphatic rings. The topological polar surface area (TPSA) is 35.5 Å². The smallest absolute Gasteiger partial charge is 0.246 e. The third kappa shape index (κ3) is 2.28. The van der Waals surface area contributed by atoms with Crippen molar-refractivity contribution in [2.75, 3.05) is 0 Å². The van der Waals surface area contributed by atoms with Crippen LogP contribution in [0.15, 0.2) is 12.1 Å². The summed E-state index contributed by atoms with van der Waals surface area (Å²) in [7, 11) is 0. The molecule has 1 aromatic carbocycles. The maximum atomic E-state index is 10.6. The Morgan fingerprint density at radius 3 is 2.47 bits per heavy atom. The van der Waals surface area contributed by atoms with E-state index in [1.54, 1.807) is 0 Å². The minimum Gasteiger partial charge on any atom is -0.449 e. The summed E-state index contributed by atoms with van der Waals surface area (Å²) in [6.07, 6.45) is 1.49. The van der Waals surface area contributed by atoms with Gasteiger partial charge in [-0.3, -0.25) is 0 Å². The van der Waals surface area contributed by atoms with Crippen molar-refractivity contribution < 1.29 is 14.3 Å². The first kappa shape index (κ1) is 12.0. The molecule has 0 N–H and O–H groups in total. The lowest BCUT2D eigenvalue weighted by Gasteiger charge is -2.16. The number of aryl methyl sites for hydroxylation is 1. The van der Waals surface area contributed by atoms with Crippen LogP contribution in [0.1, 0.15) is 44.2 Å². The molecular formula is C14H18O3. The van der Waals surface area contributed by atoms with Crippen molar-refractivity contribution in [1.82, 2.24) is 0 Å². The van der Waals surface area contributed by atoms with Gasteiger partial charge >= 0.3 is 0 Å². The highest BCUT2D eigenvalue weighted by Crippen LogP contribution is 2.42. The predicted molar refractivity (Wildman–Crippen MR) is 65.6 cm³/mol. The van der Waals surface area contributed by atoms with Crippen LogP contribution in [-0.2, 0) is 4.79 Å². The lowest BCUT2D eigenvalue weighted by Crippen LogP contribution is -2.29. The van der Waals surface area contributed by atoms with Crippen molar-refractivity contribution in [3.05, 3.63) is 23.3 Å². The Labute approximate surface area is 102 Å². The number of fused-ring (bicyclic) bond motifs is 1. The fourth-order valence-electron chi connectivity index (χ4n) is 2.19. The summed E-state index contributed by atoms with van der Waals surface area (Å²) in [5, 5.41) is 0. The van der Waals surface area contributed by atoms with E-state index in [0.717, 1.165) is 28.9 Å². The molecule has 0 fully saturated rings. The number of carbonyl (C=O) groups excluding carboxylic acids is 1. The lowest BCUT2D eigenvalue weighted by atomic mass is 9.94. The van der Waals surface area contributed by atoms with Gasteiger partial charge in [-0.15, -0.1) is 0 Å². The van der Waals surface area contributed by atoms with Gasteiger partial charge in [0.2, 0.25) is 5.79 Å². The largest absolute Gasteiger partial charge is 0.449 e. The van der Waals surface area contributed by atoms with Gasteiger partial charge in [0.05, 0.1) is 0 Å². The lowest BCUT2D eigenvalue weighted by molar-refractivity contribution is -0.108. The van der Waals surface area contributed by atoms with E-state index in [0.29, 0.717) is 6.42 Å². The molecule has 1 atom stereocenters. The van der Waals surface area contributed by atoms with Crippen LogP contribution in [0.2, 0.25) is 0 Å². The number of benzene rings is 1. The molecule has 0 amide bonds. The van der Waals surface area contributed by atoms with Gasteiger partial charge in [0.25, 0.3) is 0 Å². The summed E-state index contributed by atoms with van der Waals surface area (Å²) in [6.45, 7) is 7.85. The predicted octanol–water partition coefficient (Wildman–Crippen LogP) is 3.19. The second-order valence-corrected chi connectivity index (χ2v) is 5.06. The van der Waals surface area contributed by atoms with Crippen LogP contribution in [0.3, 0.4) is 0 Å². The molecule has 1 heterocycles. The maximum Gasteiger partial charge on any atom is 0.246 e. The molecule has 92 valence electrons. The minimum absolute atomic E-state index is 0.213. The molecule has 3 nitrogen and oxygen atoms in total. The van der Waals surface area contributed by atoms with Crippen molar-refractivity contribution in [2.24, 2.45) is 0 Å². The fourth-order valence-corrected chi connectivity index (χ4v) is 2.19. The number of hydrogen-bond acceptors (Lipinski definition) is 3. The van der Waals surface area contributed by atoms with Crippen LogP contribution in [0, 0.1) is 6.92 Å². The van der Waals surface area contributed by atoms with Crippen molar-refractivity contribution in [1.29, 1.82) is 0 Å². The van der Waals surface area contributed by atoms with Gasteiger partial charge < -0.3 is 14.3 Å². The zero-order valence-electron chi connectivity index (χ0n) is 10.7. The van der Waals surface area contributed by atoms with E-state index in [-0.39, 0.29) is 5.92 Å². The molecule has 2 rings (SSSR count). The first-order valence-electron chi connectivity index (χ1n) is 5.89. The van der Waals surface area contributed by atoms with Crippen molar-refractivity contribution >= 4 is 6.29 Å². The van der Waals surface area contributed by atoms with E-state index >= 15 is 0 Å². The summed E-state index contributed by atoms with van der Waals surface area (Å²) < 4.78 is 11.4. The highest BCUT2D eigenvalue weighted by Gasteiger charge is 2.32. The Balaban J connectivity index is 2.36. The second-order valence-electron chi connectivity index (χ2n) is 5.06. The Morgan fingerprint density at radius 1 is 1.29 bits per heavy atom. The third-order valence-electron chi connectivity index (χ3n) is 3.02. The zero-order valence-corrected chi connectivity index (χ0v) is 10.7. The molecule has 0 radical (unpaired) electrons. The van der Waals surface area contributed by atoms with Gasteiger partial charge in [-0.25, -0.2) is 0 Å². The number of rotatable bonds is 3. The second kappa shape index (κ2) is 4.06. The fraction of sp³-hybridized carbons (Fsp3) is 0.500. The highest BCUT2D eigenvalue weighted by molar-refractivity contribution is 5.55. The summed E-state index contributed by atoms with van der Waals surface area (Å²) in [5.74, 6) is 1.18. The van der Waals surface area contributed by atoms with Gasteiger partial charge in [0.1, 0.15) is 6.29 Å². The zero-order chi connectivity index (χ0) is 12.6. The summed E-state index contributed by atoms with van der Waals surface area (Å²) in [5.41, 5.74) is 2.29. The average Bonchev–Trinajstić information content (AvgIpc) is 2.50. The van der Waals surface area contributed by atoms with Crippen LogP contribution < -0.4 is 9.47 Å². The van der Waals surface area contributed by atoms with E-state index < -0.39 is 5.79 Å². The number of carbonyl (C=O) groups is 1. The summed E-state index contributed by atoms with van der Waals surface area (Å²) >= 11 is 0. The summed E-state index contributed by atoms with van der Waals surface area (Å²) in [4.78, 5) is 10.6. The molecule has 0 saturated heterocycles. The molecule has 3 heteroatoms. The average molecular weight is 234 g/mol. The maximum absolute atomic E-state index is 10.6. The van der Waals surface area contributed by atoms with E-state index in [1.165, 1.54) is 0 Å². The minimum atomic E-state index is -0.596. The number of aldehydes is 1. The third-order valence-corrected chi connectivity index (χ3v) is 3.02.